The third-order valence-corrected chi connectivity index (χ3v) is 3.42. The van der Waals surface area contributed by atoms with Crippen LogP contribution >= 0.6 is 11.6 Å². The molecular formula is C13H24ClNO. The van der Waals surface area contributed by atoms with Gasteiger partial charge in [0.05, 0.1) is 0 Å². The summed E-state index contributed by atoms with van der Waals surface area (Å²) >= 11 is 6.16. The van der Waals surface area contributed by atoms with Crippen LogP contribution in [0.2, 0.25) is 0 Å². The van der Waals surface area contributed by atoms with E-state index in [1.165, 1.54) is 32.1 Å². The first-order valence-electron chi connectivity index (χ1n) is 6.34. The van der Waals surface area contributed by atoms with Crippen LogP contribution < -0.4 is 5.32 Å². The molecule has 0 radical (unpaired) electrons. The van der Waals surface area contributed by atoms with Gasteiger partial charge in [-0.15, -0.1) is 11.6 Å². The Morgan fingerprint density at radius 2 is 1.88 bits per heavy atom. The van der Waals surface area contributed by atoms with Crippen LogP contribution in [0.4, 0.5) is 0 Å². The van der Waals surface area contributed by atoms with Crippen molar-refractivity contribution < 1.29 is 4.79 Å². The van der Waals surface area contributed by atoms with Crippen LogP contribution in [-0.2, 0) is 4.79 Å². The van der Waals surface area contributed by atoms with E-state index in [1.54, 1.807) is 0 Å². The number of amides is 1. The molecule has 1 N–H and O–H groups in total. The molecular weight excluding hydrogens is 222 g/mol. The lowest BCUT2D eigenvalue weighted by Gasteiger charge is -2.26. The van der Waals surface area contributed by atoms with Crippen molar-refractivity contribution in [1.29, 1.82) is 0 Å². The second-order valence-corrected chi connectivity index (χ2v) is 6.47. The Balaban J connectivity index is 2.33. The van der Waals surface area contributed by atoms with Crippen LogP contribution in [0.5, 0.6) is 0 Å². The van der Waals surface area contributed by atoms with E-state index in [-0.39, 0.29) is 16.8 Å². The Morgan fingerprint density at radius 3 is 2.38 bits per heavy atom. The molecule has 0 aromatic carbocycles. The van der Waals surface area contributed by atoms with E-state index in [0.717, 1.165) is 6.42 Å². The molecule has 0 spiro atoms. The molecule has 1 rings (SSSR count). The standard InChI is InChI=1S/C13H24ClNO/c1-13(2,3)15-12(16)11(14)9-10-7-5-4-6-8-10/h10-11H,4-9H2,1-3H3,(H,15,16). The first-order chi connectivity index (χ1) is 7.38. The summed E-state index contributed by atoms with van der Waals surface area (Å²) in [5.41, 5.74) is -0.184. The van der Waals surface area contributed by atoms with Gasteiger partial charge < -0.3 is 5.32 Å². The average molecular weight is 246 g/mol. The zero-order valence-electron chi connectivity index (χ0n) is 10.7. The average Bonchev–Trinajstić information content (AvgIpc) is 2.16. The van der Waals surface area contributed by atoms with Gasteiger partial charge in [0.15, 0.2) is 0 Å². The van der Waals surface area contributed by atoms with Crippen molar-refractivity contribution in [3.8, 4) is 0 Å². The van der Waals surface area contributed by atoms with Crippen LogP contribution in [0, 0.1) is 5.92 Å². The van der Waals surface area contributed by atoms with Crippen molar-refractivity contribution >= 4 is 17.5 Å². The summed E-state index contributed by atoms with van der Waals surface area (Å²) in [6.07, 6.45) is 7.27. The van der Waals surface area contributed by atoms with E-state index in [9.17, 15) is 4.79 Å². The molecule has 3 heteroatoms. The van der Waals surface area contributed by atoms with Crippen LogP contribution in [0.25, 0.3) is 0 Å². The highest BCUT2D eigenvalue weighted by Crippen LogP contribution is 2.28. The van der Waals surface area contributed by atoms with Crippen molar-refractivity contribution in [3.05, 3.63) is 0 Å². The molecule has 1 fully saturated rings. The number of nitrogens with one attached hydrogen (secondary N) is 1. The number of hydrogen-bond acceptors (Lipinski definition) is 1. The lowest BCUT2D eigenvalue weighted by atomic mass is 9.86. The van der Waals surface area contributed by atoms with Crippen molar-refractivity contribution in [2.24, 2.45) is 5.92 Å². The monoisotopic (exact) mass is 245 g/mol. The summed E-state index contributed by atoms with van der Waals surface area (Å²) < 4.78 is 0. The summed E-state index contributed by atoms with van der Waals surface area (Å²) in [5, 5.41) is 2.58. The molecule has 1 atom stereocenters. The Labute approximate surface area is 104 Å². The maximum absolute atomic E-state index is 11.8. The maximum Gasteiger partial charge on any atom is 0.238 e. The van der Waals surface area contributed by atoms with Gasteiger partial charge in [-0.2, -0.15) is 0 Å². The van der Waals surface area contributed by atoms with E-state index >= 15 is 0 Å². The van der Waals surface area contributed by atoms with Crippen molar-refractivity contribution in [3.63, 3.8) is 0 Å². The van der Waals surface area contributed by atoms with Crippen molar-refractivity contribution in [2.75, 3.05) is 0 Å². The highest BCUT2D eigenvalue weighted by Gasteiger charge is 2.24. The normalized spacial score (nSPS) is 20.5. The number of rotatable bonds is 3. The molecule has 0 saturated heterocycles. The van der Waals surface area contributed by atoms with E-state index in [0.29, 0.717) is 5.92 Å². The molecule has 1 aliphatic carbocycles. The van der Waals surface area contributed by atoms with Gasteiger partial charge in [-0.1, -0.05) is 32.1 Å². The molecule has 0 aliphatic heterocycles. The number of carbonyl (C=O) groups excluding carboxylic acids is 1. The van der Waals surface area contributed by atoms with Gasteiger partial charge in [0, 0.05) is 5.54 Å². The van der Waals surface area contributed by atoms with Crippen molar-refractivity contribution in [1.82, 2.24) is 5.32 Å². The lowest BCUT2D eigenvalue weighted by molar-refractivity contribution is -0.122. The molecule has 0 bridgehead atoms. The number of hydrogen-bond donors (Lipinski definition) is 1. The molecule has 1 unspecified atom stereocenters. The third kappa shape index (κ3) is 5.20. The molecule has 94 valence electrons. The van der Waals surface area contributed by atoms with Crippen LogP contribution in [-0.4, -0.2) is 16.8 Å². The van der Waals surface area contributed by atoms with Crippen LogP contribution in [0.3, 0.4) is 0 Å². The minimum Gasteiger partial charge on any atom is -0.350 e. The minimum atomic E-state index is -0.359. The molecule has 16 heavy (non-hydrogen) atoms. The lowest BCUT2D eigenvalue weighted by Crippen LogP contribution is -2.44. The fourth-order valence-corrected chi connectivity index (χ4v) is 2.58. The van der Waals surface area contributed by atoms with Gasteiger partial charge in [0.25, 0.3) is 0 Å². The summed E-state index contributed by atoms with van der Waals surface area (Å²) in [5.74, 6) is 0.640. The fourth-order valence-electron chi connectivity index (χ4n) is 2.27. The largest absolute Gasteiger partial charge is 0.350 e. The van der Waals surface area contributed by atoms with E-state index in [1.807, 2.05) is 20.8 Å². The second kappa shape index (κ2) is 5.90. The number of alkyl halides is 1. The van der Waals surface area contributed by atoms with Crippen LogP contribution in [0.15, 0.2) is 0 Å². The van der Waals surface area contributed by atoms with E-state index in [4.69, 9.17) is 11.6 Å². The topological polar surface area (TPSA) is 29.1 Å². The minimum absolute atomic E-state index is 0.0141. The summed E-state index contributed by atoms with van der Waals surface area (Å²) in [7, 11) is 0. The quantitative estimate of drug-likeness (QED) is 0.758. The first kappa shape index (κ1) is 13.8. The van der Waals surface area contributed by atoms with Gasteiger partial charge in [-0.25, -0.2) is 0 Å². The van der Waals surface area contributed by atoms with Gasteiger partial charge in [-0.3, -0.25) is 4.79 Å². The highest BCUT2D eigenvalue weighted by atomic mass is 35.5. The van der Waals surface area contributed by atoms with Crippen molar-refractivity contribution in [2.45, 2.75) is 70.2 Å². The molecule has 0 aromatic heterocycles. The summed E-state index contributed by atoms with van der Waals surface area (Å²) in [6.45, 7) is 5.94. The zero-order valence-corrected chi connectivity index (χ0v) is 11.4. The predicted octanol–water partition coefficient (Wildman–Crippen LogP) is 3.48. The maximum atomic E-state index is 11.8. The molecule has 2 nitrogen and oxygen atoms in total. The molecule has 1 amide bonds. The number of halogens is 1. The molecule has 1 aliphatic rings. The first-order valence-corrected chi connectivity index (χ1v) is 6.78. The molecule has 0 heterocycles. The predicted molar refractivity (Wildman–Crippen MR) is 68.7 cm³/mol. The Kier molecular flexibility index (Phi) is 5.10. The smallest absolute Gasteiger partial charge is 0.238 e. The van der Waals surface area contributed by atoms with Crippen LogP contribution in [0.1, 0.15) is 59.3 Å². The highest BCUT2D eigenvalue weighted by molar-refractivity contribution is 6.30. The number of carbonyl (C=O) groups is 1. The second-order valence-electron chi connectivity index (χ2n) is 5.95. The molecule has 0 aromatic rings. The van der Waals surface area contributed by atoms with Gasteiger partial charge in [0.2, 0.25) is 5.91 Å². The molecule has 1 saturated carbocycles. The van der Waals surface area contributed by atoms with Gasteiger partial charge >= 0.3 is 0 Å². The Hall–Kier alpha value is -0.240. The third-order valence-electron chi connectivity index (χ3n) is 3.05. The fraction of sp³-hybridized carbons (Fsp3) is 0.923. The summed E-state index contributed by atoms with van der Waals surface area (Å²) in [6, 6.07) is 0. The Bertz CT molecular complexity index is 229. The Morgan fingerprint density at radius 1 is 1.31 bits per heavy atom. The SMILES string of the molecule is CC(C)(C)NC(=O)C(Cl)CC1CCCCC1. The van der Waals surface area contributed by atoms with E-state index < -0.39 is 0 Å². The van der Waals surface area contributed by atoms with Gasteiger partial charge in [0.1, 0.15) is 5.38 Å². The summed E-state index contributed by atoms with van der Waals surface area (Å²) in [4.78, 5) is 11.8. The zero-order chi connectivity index (χ0) is 12.2. The van der Waals surface area contributed by atoms with E-state index in [2.05, 4.69) is 5.32 Å². The van der Waals surface area contributed by atoms with Gasteiger partial charge in [-0.05, 0) is 33.1 Å².